The van der Waals surface area contributed by atoms with Gasteiger partial charge in [0.1, 0.15) is 0 Å². The Labute approximate surface area is 100 Å². The Balaban J connectivity index is 1.74. The van der Waals surface area contributed by atoms with Crippen LogP contribution >= 0.6 is 0 Å². The van der Waals surface area contributed by atoms with Gasteiger partial charge in [0.25, 0.3) is 0 Å². The molecule has 0 saturated carbocycles. The van der Waals surface area contributed by atoms with Crippen molar-refractivity contribution in [2.45, 2.75) is 38.6 Å². The first kappa shape index (κ1) is 12.3. The number of likely N-dealkylation sites (tertiary alicyclic amines) is 1. The minimum atomic E-state index is 0.869. The Morgan fingerprint density at radius 1 is 1.06 bits per heavy atom. The topological polar surface area (TPSA) is 18.5 Å². The summed E-state index contributed by atoms with van der Waals surface area (Å²) in [5, 5.41) is 3.49. The SMILES string of the molecule is CCCN1CCC(N2CCCNCC2)CC1. The zero-order chi connectivity index (χ0) is 11.2. The van der Waals surface area contributed by atoms with Crippen molar-refractivity contribution in [2.75, 3.05) is 45.8 Å². The van der Waals surface area contributed by atoms with Crippen LogP contribution in [0.15, 0.2) is 0 Å². The summed E-state index contributed by atoms with van der Waals surface area (Å²) in [5.41, 5.74) is 0. The highest BCUT2D eigenvalue weighted by molar-refractivity contribution is 4.81. The van der Waals surface area contributed by atoms with Crippen molar-refractivity contribution in [3.63, 3.8) is 0 Å². The first-order valence-electron chi connectivity index (χ1n) is 7.07. The lowest BCUT2D eigenvalue weighted by Gasteiger charge is -2.38. The molecule has 0 aromatic heterocycles. The maximum Gasteiger partial charge on any atom is 0.0120 e. The number of nitrogens with zero attached hydrogens (tertiary/aromatic N) is 2. The van der Waals surface area contributed by atoms with Gasteiger partial charge in [0, 0.05) is 19.1 Å². The summed E-state index contributed by atoms with van der Waals surface area (Å²) in [6, 6.07) is 0.869. The van der Waals surface area contributed by atoms with Gasteiger partial charge in [-0.05, 0) is 58.4 Å². The van der Waals surface area contributed by atoms with Crippen molar-refractivity contribution < 1.29 is 0 Å². The lowest BCUT2D eigenvalue weighted by molar-refractivity contribution is 0.113. The Morgan fingerprint density at radius 2 is 1.88 bits per heavy atom. The summed E-state index contributed by atoms with van der Waals surface area (Å²) in [7, 11) is 0. The summed E-state index contributed by atoms with van der Waals surface area (Å²) >= 11 is 0. The molecular weight excluding hydrogens is 198 g/mol. The van der Waals surface area contributed by atoms with Crippen LogP contribution < -0.4 is 5.32 Å². The van der Waals surface area contributed by atoms with E-state index in [-0.39, 0.29) is 0 Å². The first-order valence-corrected chi connectivity index (χ1v) is 7.07. The molecule has 0 unspecified atom stereocenters. The molecule has 2 rings (SSSR count). The van der Waals surface area contributed by atoms with Crippen molar-refractivity contribution in [1.82, 2.24) is 15.1 Å². The highest BCUT2D eigenvalue weighted by Crippen LogP contribution is 2.17. The lowest BCUT2D eigenvalue weighted by Crippen LogP contribution is -2.46. The third-order valence-corrected chi connectivity index (χ3v) is 3.99. The monoisotopic (exact) mass is 225 g/mol. The average molecular weight is 225 g/mol. The van der Waals surface area contributed by atoms with Crippen LogP contribution in [-0.2, 0) is 0 Å². The van der Waals surface area contributed by atoms with Gasteiger partial charge in [-0.15, -0.1) is 0 Å². The molecule has 0 amide bonds. The Kier molecular flexibility index (Phi) is 5.07. The van der Waals surface area contributed by atoms with Crippen molar-refractivity contribution in [2.24, 2.45) is 0 Å². The molecule has 0 atom stereocenters. The second-order valence-electron chi connectivity index (χ2n) is 5.21. The smallest absolute Gasteiger partial charge is 0.0120 e. The predicted octanol–water partition coefficient (Wildman–Crippen LogP) is 1.16. The van der Waals surface area contributed by atoms with E-state index in [9.17, 15) is 0 Å². The van der Waals surface area contributed by atoms with Gasteiger partial charge in [0.05, 0.1) is 0 Å². The lowest BCUT2D eigenvalue weighted by atomic mass is 10.0. The third-order valence-electron chi connectivity index (χ3n) is 3.99. The molecule has 0 spiro atoms. The fraction of sp³-hybridized carbons (Fsp3) is 1.00. The molecule has 0 bridgehead atoms. The van der Waals surface area contributed by atoms with Crippen LogP contribution in [0.1, 0.15) is 32.6 Å². The maximum absolute atomic E-state index is 3.49. The number of piperidine rings is 1. The van der Waals surface area contributed by atoms with Crippen LogP contribution in [0.4, 0.5) is 0 Å². The van der Waals surface area contributed by atoms with E-state index in [1.165, 1.54) is 71.5 Å². The van der Waals surface area contributed by atoms with Gasteiger partial charge in [0.2, 0.25) is 0 Å². The number of hydrogen-bond acceptors (Lipinski definition) is 3. The molecule has 2 fully saturated rings. The standard InChI is InChI=1S/C13H27N3/c1-2-8-15-10-4-13(5-11-15)16-9-3-6-14-7-12-16/h13-14H,2-12H2,1H3. The van der Waals surface area contributed by atoms with E-state index in [0.29, 0.717) is 0 Å². The Hall–Kier alpha value is -0.120. The normalized spacial score (nSPS) is 26.8. The Bertz CT molecular complexity index is 180. The number of rotatable bonds is 3. The van der Waals surface area contributed by atoms with Gasteiger partial charge in [-0.25, -0.2) is 0 Å². The molecule has 3 heteroatoms. The molecule has 2 aliphatic heterocycles. The summed E-state index contributed by atoms with van der Waals surface area (Å²) in [6.45, 7) is 11.2. The minimum absolute atomic E-state index is 0.869. The predicted molar refractivity (Wildman–Crippen MR) is 68.8 cm³/mol. The second kappa shape index (κ2) is 6.58. The second-order valence-corrected chi connectivity index (χ2v) is 5.21. The number of nitrogens with one attached hydrogen (secondary N) is 1. The van der Waals surface area contributed by atoms with Gasteiger partial charge in [-0.3, -0.25) is 4.90 Å². The molecule has 2 aliphatic rings. The summed E-state index contributed by atoms with van der Waals surface area (Å²) in [5.74, 6) is 0. The molecule has 2 heterocycles. The van der Waals surface area contributed by atoms with Crippen molar-refractivity contribution in [3.8, 4) is 0 Å². The molecular formula is C13H27N3. The van der Waals surface area contributed by atoms with Crippen LogP contribution in [0, 0.1) is 0 Å². The van der Waals surface area contributed by atoms with Gasteiger partial charge in [-0.1, -0.05) is 6.92 Å². The zero-order valence-electron chi connectivity index (χ0n) is 10.7. The first-order chi connectivity index (χ1) is 7.90. The highest BCUT2D eigenvalue weighted by Gasteiger charge is 2.24. The van der Waals surface area contributed by atoms with Crippen molar-refractivity contribution in [3.05, 3.63) is 0 Å². The van der Waals surface area contributed by atoms with Gasteiger partial charge in [-0.2, -0.15) is 0 Å². The van der Waals surface area contributed by atoms with E-state index in [0.717, 1.165) is 6.04 Å². The molecule has 2 saturated heterocycles. The van der Waals surface area contributed by atoms with Crippen molar-refractivity contribution >= 4 is 0 Å². The minimum Gasteiger partial charge on any atom is -0.315 e. The third kappa shape index (κ3) is 3.44. The van der Waals surface area contributed by atoms with Crippen LogP contribution in [-0.4, -0.2) is 61.7 Å². The van der Waals surface area contributed by atoms with E-state index in [1.807, 2.05) is 0 Å². The quantitative estimate of drug-likeness (QED) is 0.777. The molecule has 16 heavy (non-hydrogen) atoms. The van der Waals surface area contributed by atoms with Crippen LogP contribution in [0.3, 0.4) is 0 Å². The van der Waals surface area contributed by atoms with Gasteiger partial charge >= 0.3 is 0 Å². The Morgan fingerprint density at radius 3 is 2.62 bits per heavy atom. The van der Waals surface area contributed by atoms with Crippen LogP contribution in [0.2, 0.25) is 0 Å². The van der Waals surface area contributed by atoms with Crippen molar-refractivity contribution in [1.29, 1.82) is 0 Å². The highest BCUT2D eigenvalue weighted by atomic mass is 15.2. The van der Waals surface area contributed by atoms with Gasteiger partial charge < -0.3 is 10.2 Å². The molecule has 3 nitrogen and oxygen atoms in total. The molecule has 0 aromatic rings. The van der Waals surface area contributed by atoms with E-state index in [2.05, 4.69) is 22.0 Å². The molecule has 1 N–H and O–H groups in total. The largest absolute Gasteiger partial charge is 0.315 e. The summed E-state index contributed by atoms with van der Waals surface area (Å²) in [4.78, 5) is 5.36. The van der Waals surface area contributed by atoms with Crippen LogP contribution in [0.25, 0.3) is 0 Å². The fourth-order valence-corrected chi connectivity index (χ4v) is 3.06. The van der Waals surface area contributed by atoms with E-state index >= 15 is 0 Å². The molecule has 0 aliphatic carbocycles. The molecule has 0 radical (unpaired) electrons. The molecule has 94 valence electrons. The maximum atomic E-state index is 3.49. The van der Waals surface area contributed by atoms with E-state index < -0.39 is 0 Å². The van der Waals surface area contributed by atoms with Gasteiger partial charge in [0.15, 0.2) is 0 Å². The zero-order valence-corrected chi connectivity index (χ0v) is 10.7. The fourth-order valence-electron chi connectivity index (χ4n) is 3.06. The summed E-state index contributed by atoms with van der Waals surface area (Å²) in [6.07, 6.45) is 5.41. The van der Waals surface area contributed by atoms with E-state index in [4.69, 9.17) is 0 Å². The average Bonchev–Trinajstić information content (AvgIpc) is 2.59. The molecule has 0 aromatic carbocycles. The van der Waals surface area contributed by atoms with Crippen LogP contribution in [0.5, 0.6) is 0 Å². The number of hydrogen-bond donors (Lipinski definition) is 1. The summed E-state index contributed by atoms with van der Waals surface area (Å²) < 4.78 is 0. The van der Waals surface area contributed by atoms with E-state index in [1.54, 1.807) is 0 Å².